The van der Waals surface area contributed by atoms with Gasteiger partial charge >= 0.3 is 0 Å². The van der Waals surface area contributed by atoms with E-state index in [0.717, 1.165) is 0 Å². The van der Waals surface area contributed by atoms with Crippen molar-refractivity contribution in [2.45, 2.75) is 52.9 Å². The molecule has 0 nitrogen and oxygen atoms in total. The molecule has 0 N–H and O–H groups in total. The minimum absolute atomic E-state index is 0.713. The molecule has 0 spiro atoms. The van der Waals surface area contributed by atoms with Crippen LogP contribution >= 0.6 is 0 Å². The largest absolute Gasteiger partial charge is 0.0882 e. The highest BCUT2D eigenvalue weighted by Gasteiger charge is 2.05. The van der Waals surface area contributed by atoms with Crippen molar-refractivity contribution in [2.24, 2.45) is 5.92 Å². The average Bonchev–Trinajstić information content (AvgIpc) is 2.23. The first-order valence-electron chi connectivity index (χ1n) is 6.18. The second kappa shape index (κ2) is 6.66. The van der Waals surface area contributed by atoms with Crippen molar-refractivity contribution >= 4 is 0 Å². The van der Waals surface area contributed by atoms with E-state index in [0.29, 0.717) is 5.92 Å². The molecule has 0 aromatic heterocycles. The van der Waals surface area contributed by atoms with Crippen LogP contribution in [0.2, 0.25) is 0 Å². The molecule has 0 bridgehead atoms. The van der Waals surface area contributed by atoms with E-state index in [1.807, 2.05) is 0 Å². The van der Waals surface area contributed by atoms with Gasteiger partial charge in [-0.3, -0.25) is 0 Å². The van der Waals surface area contributed by atoms with E-state index < -0.39 is 0 Å². The van der Waals surface area contributed by atoms with E-state index in [-0.39, 0.29) is 0 Å². The molecule has 0 aromatic carbocycles. The van der Waals surface area contributed by atoms with E-state index in [4.69, 9.17) is 0 Å². The van der Waals surface area contributed by atoms with Crippen molar-refractivity contribution in [3.8, 4) is 0 Å². The van der Waals surface area contributed by atoms with Crippen LogP contribution in [-0.4, -0.2) is 0 Å². The van der Waals surface area contributed by atoms with Gasteiger partial charge in [0.05, 0.1) is 0 Å². The lowest BCUT2D eigenvalue weighted by molar-refractivity contribution is 0.675. The lowest BCUT2D eigenvalue weighted by atomic mass is 9.92. The third-order valence-corrected chi connectivity index (χ3v) is 3.42. The van der Waals surface area contributed by atoms with Gasteiger partial charge in [-0.1, -0.05) is 42.4 Å². The molecule has 0 saturated heterocycles. The van der Waals surface area contributed by atoms with Gasteiger partial charge < -0.3 is 0 Å². The number of allylic oxidation sites excluding steroid dienone is 6. The molecule has 1 atom stereocenters. The van der Waals surface area contributed by atoms with Gasteiger partial charge in [0.1, 0.15) is 0 Å². The van der Waals surface area contributed by atoms with Crippen molar-refractivity contribution in [1.29, 1.82) is 0 Å². The van der Waals surface area contributed by atoms with Gasteiger partial charge in [0.15, 0.2) is 0 Å². The topological polar surface area (TPSA) is 0 Å². The molecular weight excluding hydrogens is 180 g/mol. The monoisotopic (exact) mass is 204 g/mol. The Morgan fingerprint density at radius 2 is 1.53 bits per heavy atom. The maximum Gasteiger partial charge on any atom is -0.0197 e. The second-order valence-electron chi connectivity index (χ2n) is 4.66. The summed E-state index contributed by atoms with van der Waals surface area (Å²) in [6.07, 6.45) is 15.4. The van der Waals surface area contributed by atoms with Gasteiger partial charge in [0.2, 0.25) is 0 Å². The SMILES string of the molecule is C/C1=C(\C)C(C)C/C=C\CC/C=C/CC1. The fourth-order valence-corrected chi connectivity index (χ4v) is 1.94. The first-order valence-corrected chi connectivity index (χ1v) is 6.18. The molecule has 0 saturated carbocycles. The Morgan fingerprint density at radius 3 is 2.27 bits per heavy atom. The Labute approximate surface area is 94.8 Å². The van der Waals surface area contributed by atoms with Crippen LogP contribution in [0.25, 0.3) is 0 Å². The molecule has 84 valence electrons. The highest BCUT2D eigenvalue weighted by Crippen LogP contribution is 2.22. The van der Waals surface area contributed by atoms with E-state index >= 15 is 0 Å². The van der Waals surface area contributed by atoms with Crippen LogP contribution in [0.1, 0.15) is 52.9 Å². The predicted molar refractivity (Wildman–Crippen MR) is 68.9 cm³/mol. The Morgan fingerprint density at radius 1 is 0.933 bits per heavy atom. The molecule has 0 aromatic rings. The minimum Gasteiger partial charge on any atom is -0.0882 e. The van der Waals surface area contributed by atoms with Gasteiger partial charge in [-0.05, 0) is 51.9 Å². The first-order chi connectivity index (χ1) is 7.22. The molecule has 1 aliphatic rings. The van der Waals surface area contributed by atoms with E-state index in [2.05, 4.69) is 45.1 Å². The molecule has 0 aliphatic heterocycles. The maximum absolute atomic E-state index is 2.34. The third kappa shape index (κ3) is 4.51. The van der Waals surface area contributed by atoms with E-state index in [1.165, 1.54) is 32.1 Å². The van der Waals surface area contributed by atoms with Crippen LogP contribution in [0.15, 0.2) is 35.5 Å². The van der Waals surface area contributed by atoms with Crippen molar-refractivity contribution in [3.63, 3.8) is 0 Å². The highest BCUT2D eigenvalue weighted by molar-refractivity contribution is 5.14. The van der Waals surface area contributed by atoms with Crippen LogP contribution < -0.4 is 0 Å². The number of rotatable bonds is 0. The summed E-state index contributed by atoms with van der Waals surface area (Å²) in [5, 5.41) is 0. The fourth-order valence-electron chi connectivity index (χ4n) is 1.94. The Balaban J connectivity index is 2.70. The van der Waals surface area contributed by atoms with Gasteiger partial charge in [0.25, 0.3) is 0 Å². The summed E-state index contributed by atoms with van der Waals surface area (Å²) in [5.74, 6) is 0.713. The number of hydrogen-bond acceptors (Lipinski definition) is 0. The first kappa shape index (κ1) is 12.3. The van der Waals surface area contributed by atoms with Crippen LogP contribution in [0.5, 0.6) is 0 Å². The normalized spacial score (nSPS) is 33.9. The summed E-state index contributed by atoms with van der Waals surface area (Å²) < 4.78 is 0. The smallest absolute Gasteiger partial charge is 0.0197 e. The zero-order valence-corrected chi connectivity index (χ0v) is 10.4. The molecule has 0 heterocycles. The fraction of sp³-hybridized carbons (Fsp3) is 0.600. The maximum atomic E-state index is 2.34. The summed E-state index contributed by atoms with van der Waals surface area (Å²) in [5.41, 5.74) is 3.18. The molecule has 1 aliphatic carbocycles. The summed E-state index contributed by atoms with van der Waals surface area (Å²) in [7, 11) is 0. The second-order valence-corrected chi connectivity index (χ2v) is 4.66. The van der Waals surface area contributed by atoms with Crippen molar-refractivity contribution in [3.05, 3.63) is 35.5 Å². The van der Waals surface area contributed by atoms with Gasteiger partial charge in [0, 0.05) is 0 Å². The zero-order valence-electron chi connectivity index (χ0n) is 10.4. The molecule has 0 heteroatoms. The molecule has 0 radical (unpaired) electrons. The standard InChI is InChI=1S/C15H24/c1-13-11-9-7-5-4-6-8-10-12-14(2)15(13)3/h5,7-8,10,14H,4,6,9,11-12H2,1-3H3/b7-5+,10-8-,15-13-. The quantitative estimate of drug-likeness (QED) is 0.485. The van der Waals surface area contributed by atoms with Crippen LogP contribution in [-0.2, 0) is 0 Å². The Kier molecular flexibility index (Phi) is 5.45. The lowest BCUT2D eigenvalue weighted by Gasteiger charge is -2.14. The van der Waals surface area contributed by atoms with Crippen molar-refractivity contribution < 1.29 is 0 Å². The summed E-state index contributed by atoms with van der Waals surface area (Å²) in [6, 6.07) is 0. The van der Waals surface area contributed by atoms with Crippen molar-refractivity contribution in [2.75, 3.05) is 0 Å². The predicted octanol–water partition coefficient (Wildman–Crippen LogP) is 5.04. The minimum atomic E-state index is 0.713. The van der Waals surface area contributed by atoms with Crippen molar-refractivity contribution in [1.82, 2.24) is 0 Å². The van der Waals surface area contributed by atoms with Crippen LogP contribution in [0.3, 0.4) is 0 Å². The molecule has 0 amide bonds. The van der Waals surface area contributed by atoms with E-state index in [9.17, 15) is 0 Å². The molecule has 1 unspecified atom stereocenters. The van der Waals surface area contributed by atoms with E-state index in [1.54, 1.807) is 11.1 Å². The zero-order chi connectivity index (χ0) is 11.1. The van der Waals surface area contributed by atoms with Crippen LogP contribution in [0.4, 0.5) is 0 Å². The molecule has 15 heavy (non-hydrogen) atoms. The van der Waals surface area contributed by atoms with Gasteiger partial charge in [-0.2, -0.15) is 0 Å². The summed E-state index contributed by atoms with van der Waals surface area (Å²) >= 11 is 0. The van der Waals surface area contributed by atoms with Crippen LogP contribution in [0, 0.1) is 5.92 Å². The molecule has 0 fully saturated rings. The van der Waals surface area contributed by atoms with Gasteiger partial charge in [-0.25, -0.2) is 0 Å². The van der Waals surface area contributed by atoms with Gasteiger partial charge in [-0.15, -0.1) is 0 Å². The highest BCUT2D eigenvalue weighted by atomic mass is 14.1. The average molecular weight is 204 g/mol. The third-order valence-electron chi connectivity index (χ3n) is 3.42. The molecule has 1 rings (SSSR count). The Hall–Kier alpha value is -0.780. The lowest BCUT2D eigenvalue weighted by Crippen LogP contribution is -1.98. The Bertz CT molecular complexity index is 266. The summed E-state index contributed by atoms with van der Waals surface area (Å²) in [6.45, 7) is 6.92. The summed E-state index contributed by atoms with van der Waals surface area (Å²) in [4.78, 5) is 0. The number of hydrogen-bond donors (Lipinski definition) is 0. The molecular formula is C15H24.